The molecule has 130 valence electrons. The molecule has 2 rings (SSSR count). The maximum Gasteiger partial charge on any atom is 0.338 e. The summed E-state index contributed by atoms with van der Waals surface area (Å²) in [5.74, 6) is -10.8. The Morgan fingerprint density at radius 1 is 0.591 bits per heavy atom. The summed E-state index contributed by atoms with van der Waals surface area (Å²) in [5.41, 5.74) is 0. The van der Waals surface area contributed by atoms with Crippen molar-refractivity contribution in [1.29, 1.82) is 0 Å². The Hall–Kier alpha value is -0.360. The fraction of sp³-hybridized carbons (Fsp3) is 1.00. The van der Waals surface area contributed by atoms with Gasteiger partial charge in [0.05, 0.1) is 0 Å². The summed E-state index contributed by atoms with van der Waals surface area (Å²) >= 11 is 0. The highest BCUT2D eigenvalue weighted by Gasteiger charge is 2.66. The van der Waals surface area contributed by atoms with E-state index in [1.165, 1.54) is 0 Å². The lowest BCUT2D eigenvalue weighted by Gasteiger charge is -2.40. The van der Waals surface area contributed by atoms with Crippen LogP contribution in [0.15, 0.2) is 0 Å². The van der Waals surface area contributed by atoms with Crippen LogP contribution in [0.5, 0.6) is 0 Å². The first kappa shape index (κ1) is 18.0. The number of halogens is 4. The zero-order valence-electron chi connectivity index (χ0n) is 12.8. The van der Waals surface area contributed by atoms with Crippen LogP contribution in [0.4, 0.5) is 17.6 Å². The molecule has 0 aromatic rings. The molecule has 0 saturated heterocycles. The second kappa shape index (κ2) is 7.04. The topological polar surface area (TPSA) is 40.5 Å². The van der Waals surface area contributed by atoms with Gasteiger partial charge in [0.2, 0.25) is 0 Å². The first-order valence-electron chi connectivity index (χ1n) is 8.40. The second-order valence-electron chi connectivity index (χ2n) is 6.93. The monoisotopic (exact) mass is 326 g/mol. The summed E-state index contributed by atoms with van der Waals surface area (Å²) in [6.45, 7) is 0. The summed E-state index contributed by atoms with van der Waals surface area (Å²) in [7, 11) is 0. The van der Waals surface area contributed by atoms with Crippen molar-refractivity contribution in [2.24, 2.45) is 11.8 Å². The molecule has 2 N–H and O–H groups in total. The van der Waals surface area contributed by atoms with Gasteiger partial charge < -0.3 is 10.2 Å². The molecule has 0 heterocycles. The SMILES string of the molecule is OC(C1CCCCC1)C(F)(F)C(F)(F)C(O)C1CCCCC1. The van der Waals surface area contributed by atoms with Crippen molar-refractivity contribution >= 4 is 0 Å². The van der Waals surface area contributed by atoms with Crippen LogP contribution in [0.2, 0.25) is 0 Å². The van der Waals surface area contributed by atoms with Crippen LogP contribution >= 0.6 is 0 Å². The summed E-state index contributed by atoms with van der Waals surface area (Å²) in [6, 6.07) is 0. The molecule has 0 aromatic heterocycles. The molecular formula is C16H26F4O2. The lowest BCUT2D eigenvalue weighted by molar-refractivity contribution is -0.303. The van der Waals surface area contributed by atoms with E-state index in [4.69, 9.17) is 0 Å². The molecule has 0 aliphatic heterocycles. The van der Waals surface area contributed by atoms with Crippen LogP contribution < -0.4 is 0 Å². The molecule has 0 amide bonds. The molecule has 0 spiro atoms. The Kier molecular flexibility index (Phi) is 5.75. The predicted octanol–water partition coefficient (Wildman–Crippen LogP) is 4.14. The third-order valence-corrected chi connectivity index (χ3v) is 5.38. The molecule has 2 unspecified atom stereocenters. The molecule has 0 radical (unpaired) electrons. The van der Waals surface area contributed by atoms with Crippen LogP contribution in [0.1, 0.15) is 64.2 Å². The van der Waals surface area contributed by atoms with E-state index in [-0.39, 0.29) is 0 Å². The summed E-state index contributed by atoms with van der Waals surface area (Å²) in [4.78, 5) is 0. The van der Waals surface area contributed by atoms with Gasteiger partial charge in [-0.1, -0.05) is 38.5 Å². The van der Waals surface area contributed by atoms with Gasteiger partial charge in [-0.05, 0) is 37.5 Å². The number of alkyl halides is 4. The van der Waals surface area contributed by atoms with E-state index in [2.05, 4.69) is 0 Å². The highest BCUT2D eigenvalue weighted by atomic mass is 19.3. The van der Waals surface area contributed by atoms with E-state index in [0.717, 1.165) is 12.8 Å². The second-order valence-corrected chi connectivity index (χ2v) is 6.93. The molecule has 2 fully saturated rings. The Bertz CT molecular complexity index is 316. The van der Waals surface area contributed by atoms with Crippen LogP contribution in [-0.2, 0) is 0 Å². The van der Waals surface area contributed by atoms with E-state index in [9.17, 15) is 27.8 Å². The number of hydrogen-bond donors (Lipinski definition) is 2. The molecule has 2 aliphatic rings. The number of hydrogen-bond acceptors (Lipinski definition) is 2. The minimum atomic E-state index is -4.59. The van der Waals surface area contributed by atoms with Gasteiger partial charge in [0.1, 0.15) is 12.2 Å². The highest BCUT2D eigenvalue weighted by molar-refractivity contribution is 5.00. The first-order chi connectivity index (χ1) is 10.3. The lowest BCUT2D eigenvalue weighted by Crippen LogP contribution is -2.60. The third-order valence-electron chi connectivity index (χ3n) is 5.38. The molecule has 2 atom stereocenters. The normalized spacial score (nSPS) is 25.9. The average molecular weight is 326 g/mol. The molecule has 22 heavy (non-hydrogen) atoms. The largest absolute Gasteiger partial charge is 0.386 e. The smallest absolute Gasteiger partial charge is 0.338 e. The number of aliphatic hydroxyl groups is 2. The van der Waals surface area contributed by atoms with Crippen LogP contribution in [0, 0.1) is 11.8 Å². The summed E-state index contributed by atoms with van der Waals surface area (Å²) in [6.07, 6.45) is 1.05. The van der Waals surface area contributed by atoms with Gasteiger partial charge in [-0.15, -0.1) is 0 Å². The van der Waals surface area contributed by atoms with E-state index in [0.29, 0.717) is 51.4 Å². The number of rotatable bonds is 5. The van der Waals surface area contributed by atoms with Crippen LogP contribution in [0.25, 0.3) is 0 Å². The van der Waals surface area contributed by atoms with Gasteiger partial charge in [0.25, 0.3) is 0 Å². The van der Waals surface area contributed by atoms with Crippen LogP contribution in [-0.4, -0.2) is 34.3 Å². The summed E-state index contributed by atoms with van der Waals surface area (Å²) in [5, 5.41) is 19.7. The molecule has 0 aromatic carbocycles. The maximum absolute atomic E-state index is 14.2. The minimum Gasteiger partial charge on any atom is -0.386 e. The van der Waals surface area contributed by atoms with E-state index in [1.807, 2.05) is 0 Å². The molecule has 0 bridgehead atoms. The van der Waals surface area contributed by atoms with Crippen LogP contribution in [0.3, 0.4) is 0 Å². The van der Waals surface area contributed by atoms with Gasteiger partial charge >= 0.3 is 11.8 Å². The Morgan fingerprint density at radius 2 is 0.864 bits per heavy atom. The Morgan fingerprint density at radius 3 is 1.14 bits per heavy atom. The third kappa shape index (κ3) is 3.42. The standard InChI is InChI=1S/C16H26F4O2/c17-15(18,13(21)11-7-3-1-4-8-11)16(19,20)14(22)12-9-5-2-6-10-12/h11-14,21-22H,1-10H2. The van der Waals surface area contributed by atoms with E-state index in [1.54, 1.807) is 0 Å². The fourth-order valence-electron chi connectivity index (χ4n) is 3.89. The van der Waals surface area contributed by atoms with Crippen molar-refractivity contribution in [3.8, 4) is 0 Å². The first-order valence-corrected chi connectivity index (χ1v) is 8.40. The minimum absolute atomic E-state index is 0.340. The van der Waals surface area contributed by atoms with Gasteiger partial charge in [0, 0.05) is 0 Å². The van der Waals surface area contributed by atoms with Crippen molar-refractivity contribution < 1.29 is 27.8 Å². The van der Waals surface area contributed by atoms with Crippen molar-refractivity contribution in [3.63, 3.8) is 0 Å². The van der Waals surface area contributed by atoms with E-state index < -0.39 is 35.9 Å². The Balaban J connectivity index is 2.09. The average Bonchev–Trinajstić information content (AvgIpc) is 2.54. The van der Waals surface area contributed by atoms with Crippen molar-refractivity contribution in [2.75, 3.05) is 0 Å². The molecule has 2 nitrogen and oxygen atoms in total. The highest BCUT2D eigenvalue weighted by Crippen LogP contribution is 2.47. The molecule has 2 aliphatic carbocycles. The maximum atomic E-state index is 14.2. The zero-order chi connectivity index (χ0) is 16.4. The van der Waals surface area contributed by atoms with Gasteiger partial charge in [0.15, 0.2) is 0 Å². The molecular weight excluding hydrogens is 300 g/mol. The van der Waals surface area contributed by atoms with Crippen molar-refractivity contribution in [3.05, 3.63) is 0 Å². The van der Waals surface area contributed by atoms with Gasteiger partial charge in [-0.2, -0.15) is 17.6 Å². The Labute approximate surface area is 128 Å². The van der Waals surface area contributed by atoms with Crippen molar-refractivity contribution in [1.82, 2.24) is 0 Å². The van der Waals surface area contributed by atoms with Gasteiger partial charge in [-0.3, -0.25) is 0 Å². The number of aliphatic hydroxyl groups excluding tert-OH is 2. The summed E-state index contributed by atoms with van der Waals surface area (Å²) < 4.78 is 56.9. The quantitative estimate of drug-likeness (QED) is 0.746. The van der Waals surface area contributed by atoms with Crippen molar-refractivity contribution in [2.45, 2.75) is 88.3 Å². The molecule has 2 saturated carbocycles. The molecule has 6 heteroatoms. The van der Waals surface area contributed by atoms with E-state index >= 15 is 0 Å². The lowest BCUT2D eigenvalue weighted by atomic mass is 9.77. The zero-order valence-corrected chi connectivity index (χ0v) is 12.8. The fourth-order valence-corrected chi connectivity index (χ4v) is 3.89. The predicted molar refractivity (Wildman–Crippen MR) is 75.1 cm³/mol. The van der Waals surface area contributed by atoms with Gasteiger partial charge in [-0.25, -0.2) is 0 Å².